The molecule has 148 valence electrons. The summed E-state index contributed by atoms with van der Waals surface area (Å²) in [6.07, 6.45) is 0.159. The van der Waals surface area contributed by atoms with E-state index in [9.17, 15) is 9.90 Å². The van der Waals surface area contributed by atoms with E-state index in [0.29, 0.717) is 21.8 Å². The van der Waals surface area contributed by atoms with Crippen LogP contribution in [0.3, 0.4) is 0 Å². The van der Waals surface area contributed by atoms with Gasteiger partial charge in [0.05, 0.1) is 17.0 Å². The van der Waals surface area contributed by atoms with Crippen molar-refractivity contribution in [3.63, 3.8) is 0 Å². The SMILES string of the molecule is CC[C@@H](C)n1c(SC[C@H](O)COc2ccc(C)cc2)nc2ccccc2c1=O. The molecular weight excluding hydrogens is 372 g/mol. The zero-order valence-electron chi connectivity index (χ0n) is 16.5. The van der Waals surface area contributed by atoms with Gasteiger partial charge in [-0.05, 0) is 44.5 Å². The molecule has 0 saturated carbocycles. The molecule has 0 bridgehead atoms. The number of ether oxygens (including phenoxy) is 1. The molecule has 0 aliphatic heterocycles. The van der Waals surface area contributed by atoms with Crippen molar-refractivity contribution in [1.29, 1.82) is 0 Å². The number of rotatable bonds is 8. The second-order valence-electron chi connectivity index (χ2n) is 6.93. The monoisotopic (exact) mass is 398 g/mol. The van der Waals surface area contributed by atoms with Crippen molar-refractivity contribution in [3.05, 3.63) is 64.4 Å². The van der Waals surface area contributed by atoms with Gasteiger partial charge >= 0.3 is 0 Å². The number of hydrogen-bond donors (Lipinski definition) is 1. The molecule has 0 spiro atoms. The van der Waals surface area contributed by atoms with E-state index in [1.54, 1.807) is 4.57 Å². The number of aromatic nitrogens is 2. The predicted molar refractivity (Wildman–Crippen MR) is 114 cm³/mol. The van der Waals surface area contributed by atoms with Crippen LogP contribution in [-0.4, -0.2) is 33.1 Å². The van der Waals surface area contributed by atoms with E-state index in [4.69, 9.17) is 4.74 Å². The molecule has 28 heavy (non-hydrogen) atoms. The van der Waals surface area contributed by atoms with Crippen molar-refractivity contribution < 1.29 is 9.84 Å². The lowest BCUT2D eigenvalue weighted by atomic mass is 10.2. The van der Waals surface area contributed by atoms with Gasteiger partial charge in [-0.15, -0.1) is 0 Å². The predicted octanol–water partition coefficient (Wildman–Crippen LogP) is 4.21. The van der Waals surface area contributed by atoms with E-state index in [-0.39, 0.29) is 18.2 Å². The minimum absolute atomic E-state index is 0.0344. The number of para-hydroxylation sites is 1. The normalized spacial score (nSPS) is 13.4. The zero-order chi connectivity index (χ0) is 20.1. The molecule has 5 nitrogen and oxygen atoms in total. The highest BCUT2D eigenvalue weighted by Crippen LogP contribution is 2.23. The number of nitrogens with zero attached hydrogens (tertiary/aromatic N) is 2. The van der Waals surface area contributed by atoms with Gasteiger partial charge in [-0.2, -0.15) is 0 Å². The van der Waals surface area contributed by atoms with Gasteiger partial charge in [-0.25, -0.2) is 4.98 Å². The maximum atomic E-state index is 13.0. The summed E-state index contributed by atoms with van der Waals surface area (Å²) in [7, 11) is 0. The molecule has 3 aromatic rings. The Labute approximate surface area is 169 Å². The molecule has 0 fully saturated rings. The fourth-order valence-electron chi connectivity index (χ4n) is 2.84. The molecule has 0 saturated heterocycles. The van der Waals surface area contributed by atoms with Crippen LogP contribution >= 0.6 is 11.8 Å². The van der Waals surface area contributed by atoms with Crippen molar-refractivity contribution in [2.75, 3.05) is 12.4 Å². The van der Waals surface area contributed by atoms with Gasteiger partial charge < -0.3 is 9.84 Å². The van der Waals surface area contributed by atoms with Crippen LogP contribution in [0, 0.1) is 6.92 Å². The first-order chi connectivity index (χ1) is 13.5. The van der Waals surface area contributed by atoms with Crippen LogP contribution < -0.4 is 10.3 Å². The maximum absolute atomic E-state index is 13.0. The third kappa shape index (κ3) is 4.75. The van der Waals surface area contributed by atoms with Gasteiger partial charge in [0.15, 0.2) is 5.16 Å². The van der Waals surface area contributed by atoms with Crippen LogP contribution in [0.5, 0.6) is 5.75 Å². The fourth-order valence-corrected chi connectivity index (χ4v) is 3.85. The van der Waals surface area contributed by atoms with Gasteiger partial charge in [-0.3, -0.25) is 9.36 Å². The molecule has 1 N–H and O–H groups in total. The van der Waals surface area contributed by atoms with E-state index >= 15 is 0 Å². The van der Waals surface area contributed by atoms with Crippen molar-refractivity contribution in [1.82, 2.24) is 9.55 Å². The van der Waals surface area contributed by atoms with Gasteiger partial charge in [0.25, 0.3) is 5.56 Å². The van der Waals surface area contributed by atoms with E-state index in [1.807, 2.05) is 69.3 Å². The minimum Gasteiger partial charge on any atom is -0.491 e. The van der Waals surface area contributed by atoms with E-state index < -0.39 is 6.10 Å². The van der Waals surface area contributed by atoms with Gasteiger partial charge in [-0.1, -0.05) is 48.5 Å². The summed E-state index contributed by atoms with van der Waals surface area (Å²) in [6.45, 7) is 6.27. The number of aryl methyl sites for hydroxylation is 1. The molecule has 1 heterocycles. The van der Waals surface area contributed by atoms with Crippen molar-refractivity contribution in [2.24, 2.45) is 0 Å². The third-order valence-electron chi connectivity index (χ3n) is 4.68. The van der Waals surface area contributed by atoms with E-state index in [2.05, 4.69) is 4.98 Å². The molecule has 0 unspecified atom stereocenters. The maximum Gasteiger partial charge on any atom is 0.262 e. The highest BCUT2D eigenvalue weighted by atomic mass is 32.2. The number of fused-ring (bicyclic) bond motifs is 1. The second kappa shape index (κ2) is 9.26. The van der Waals surface area contributed by atoms with Crippen molar-refractivity contribution >= 4 is 22.7 Å². The first-order valence-electron chi connectivity index (χ1n) is 9.51. The van der Waals surface area contributed by atoms with E-state index in [1.165, 1.54) is 11.8 Å². The average Bonchev–Trinajstić information content (AvgIpc) is 2.71. The highest BCUT2D eigenvalue weighted by molar-refractivity contribution is 7.99. The Balaban J connectivity index is 1.73. The van der Waals surface area contributed by atoms with Crippen LogP contribution in [0.15, 0.2) is 58.5 Å². The molecule has 3 rings (SSSR count). The number of aliphatic hydroxyl groups is 1. The quantitative estimate of drug-likeness (QED) is 0.455. The Hall–Kier alpha value is -2.31. The minimum atomic E-state index is -0.667. The summed E-state index contributed by atoms with van der Waals surface area (Å²) < 4.78 is 7.39. The number of benzene rings is 2. The number of aliphatic hydroxyl groups excluding tert-OH is 1. The van der Waals surface area contributed by atoms with Crippen molar-refractivity contribution in [3.8, 4) is 5.75 Å². The second-order valence-corrected chi connectivity index (χ2v) is 7.92. The summed E-state index contributed by atoms with van der Waals surface area (Å²) in [5.41, 5.74) is 1.81. The Bertz CT molecular complexity index is 985. The molecule has 2 atom stereocenters. The topological polar surface area (TPSA) is 64.3 Å². The Morgan fingerprint density at radius 1 is 1.18 bits per heavy atom. The van der Waals surface area contributed by atoms with Crippen molar-refractivity contribution in [2.45, 2.75) is 44.5 Å². The standard InChI is InChI=1S/C22H26N2O3S/c1-4-16(3)24-21(26)19-7-5-6-8-20(19)23-22(24)28-14-17(25)13-27-18-11-9-15(2)10-12-18/h5-12,16-17,25H,4,13-14H2,1-3H3/t16-,17-/m1/s1. The Morgan fingerprint density at radius 2 is 1.89 bits per heavy atom. The summed E-state index contributed by atoms with van der Waals surface area (Å²) >= 11 is 1.39. The molecule has 0 radical (unpaired) electrons. The van der Waals surface area contributed by atoms with E-state index in [0.717, 1.165) is 17.7 Å². The highest BCUT2D eigenvalue weighted by Gasteiger charge is 2.17. The summed E-state index contributed by atoms with van der Waals surface area (Å²) in [5.74, 6) is 1.13. The molecule has 2 aromatic carbocycles. The molecule has 0 amide bonds. The first-order valence-corrected chi connectivity index (χ1v) is 10.5. The first kappa shape index (κ1) is 20.4. The average molecular weight is 399 g/mol. The Morgan fingerprint density at radius 3 is 2.61 bits per heavy atom. The molecule has 0 aliphatic rings. The fraction of sp³-hybridized carbons (Fsp3) is 0.364. The smallest absolute Gasteiger partial charge is 0.262 e. The number of hydrogen-bond acceptors (Lipinski definition) is 5. The van der Waals surface area contributed by atoms with Crippen LogP contribution in [0.25, 0.3) is 10.9 Å². The molecular formula is C22H26N2O3S. The zero-order valence-corrected chi connectivity index (χ0v) is 17.3. The number of thioether (sulfide) groups is 1. The molecule has 0 aliphatic carbocycles. The summed E-state index contributed by atoms with van der Waals surface area (Å²) in [5, 5.41) is 11.6. The van der Waals surface area contributed by atoms with Gasteiger partial charge in [0.2, 0.25) is 0 Å². The van der Waals surface area contributed by atoms with Crippen LogP contribution in [-0.2, 0) is 0 Å². The van der Waals surface area contributed by atoms with Crippen LogP contribution in [0.2, 0.25) is 0 Å². The molecule has 6 heteroatoms. The lowest BCUT2D eigenvalue weighted by molar-refractivity contribution is 0.126. The van der Waals surface area contributed by atoms with Gasteiger partial charge in [0, 0.05) is 11.8 Å². The van der Waals surface area contributed by atoms with Crippen LogP contribution in [0.4, 0.5) is 0 Å². The van der Waals surface area contributed by atoms with Gasteiger partial charge in [0.1, 0.15) is 12.4 Å². The lowest BCUT2D eigenvalue weighted by Crippen LogP contribution is -2.27. The lowest BCUT2D eigenvalue weighted by Gasteiger charge is -2.19. The Kier molecular flexibility index (Phi) is 6.75. The van der Waals surface area contributed by atoms with Crippen LogP contribution in [0.1, 0.15) is 31.9 Å². The summed E-state index contributed by atoms with van der Waals surface area (Å²) in [6, 6.07) is 15.1. The third-order valence-corrected chi connectivity index (χ3v) is 5.77. The summed E-state index contributed by atoms with van der Waals surface area (Å²) in [4.78, 5) is 17.6. The largest absolute Gasteiger partial charge is 0.491 e. The molecule has 1 aromatic heterocycles.